The first kappa shape index (κ1) is 12.8. The van der Waals surface area contributed by atoms with E-state index in [0.717, 1.165) is 25.6 Å². The Morgan fingerprint density at radius 2 is 2.12 bits per heavy atom. The first-order valence-electron chi connectivity index (χ1n) is 7.01. The Morgan fingerprint density at radius 1 is 1.29 bits per heavy atom. The van der Waals surface area contributed by atoms with Gasteiger partial charge >= 0.3 is 0 Å². The van der Waals surface area contributed by atoms with Crippen molar-refractivity contribution < 1.29 is 4.79 Å². The van der Waals surface area contributed by atoms with Crippen LogP contribution in [-0.2, 0) is 4.79 Å². The largest absolute Gasteiger partial charge is 0.355 e. The molecule has 1 aliphatic heterocycles. The molecule has 0 spiro atoms. The minimum Gasteiger partial charge on any atom is -0.355 e. The molecule has 1 atom stereocenters. The van der Waals surface area contributed by atoms with Gasteiger partial charge in [0.05, 0.1) is 6.54 Å². The molecular formula is C13H25N3O. The van der Waals surface area contributed by atoms with Crippen LogP contribution in [0.2, 0.25) is 0 Å². The Kier molecular flexibility index (Phi) is 4.80. The SMILES string of the molecule is CCN1CCCC1CNCC(=O)NCC1CC1. The number of amides is 1. The fourth-order valence-corrected chi connectivity index (χ4v) is 2.54. The fraction of sp³-hybridized carbons (Fsp3) is 0.923. The van der Waals surface area contributed by atoms with Crippen LogP contribution in [0.25, 0.3) is 0 Å². The lowest BCUT2D eigenvalue weighted by Crippen LogP contribution is -2.42. The zero-order valence-corrected chi connectivity index (χ0v) is 10.9. The third-order valence-electron chi connectivity index (χ3n) is 3.86. The van der Waals surface area contributed by atoms with Crippen LogP contribution in [-0.4, -0.2) is 49.6 Å². The van der Waals surface area contributed by atoms with Crippen molar-refractivity contribution in [2.45, 2.75) is 38.6 Å². The van der Waals surface area contributed by atoms with E-state index in [1.165, 1.54) is 32.2 Å². The van der Waals surface area contributed by atoms with Crippen molar-refractivity contribution in [1.82, 2.24) is 15.5 Å². The number of nitrogens with zero attached hydrogens (tertiary/aromatic N) is 1. The van der Waals surface area contributed by atoms with Gasteiger partial charge in [-0.2, -0.15) is 0 Å². The van der Waals surface area contributed by atoms with Crippen molar-refractivity contribution in [3.05, 3.63) is 0 Å². The summed E-state index contributed by atoms with van der Waals surface area (Å²) in [6, 6.07) is 0.635. The lowest BCUT2D eigenvalue weighted by molar-refractivity contribution is -0.120. The predicted molar refractivity (Wildman–Crippen MR) is 68.9 cm³/mol. The molecule has 2 rings (SSSR count). The molecule has 0 bridgehead atoms. The molecule has 1 saturated carbocycles. The standard InChI is InChI=1S/C13H25N3O/c1-2-16-7-3-4-12(16)9-14-10-13(17)15-8-11-5-6-11/h11-12,14H,2-10H2,1H3,(H,15,17). The average molecular weight is 239 g/mol. The van der Waals surface area contributed by atoms with Gasteiger partial charge in [0.1, 0.15) is 0 Å². The lowest BCUT2D eigenvalue weighted by atomic mass is 10.2. The van der Waals surface area contributed by atoms with E-state index < -0.39 is 0 Å². The van der Waals surface area contributed by atoms with Crippen molar-refractivity contribution in [1.29, 1.82) is 0 Å². The molecule has 17 heavy (non-hydrogen) atoms. The van der Waals surface area contributed by atoms with E-state index in [-0.39, 0.29) is 5.91 Å². The summed E-state index contributed by atoms with van der Waals surface area (Å²) in [6.07, 6.45) is 5.15. The summed E-state index contributed by atoms with van der Waals surface area (Å²) < 4.78 is 0. The van der Waals surface area contributed by atoms with Crippen LogP contribution in [0.1, 0.15) is 32.6 Å². The van der Waals surface area contributed by atoms with Crippen LogP contribution in [0.4, 0.5) is 0 Å². The first-order valence-corrected chi connectivity index (χ1v) is 7.01. The number of nitrogens with one attached hydrogen (secondary N) is 2. The summed E-state index contributed by atoms with van der Waals surface area (Å²) in [6.45, 7) is 6.86. The van der Waals surface area contributed by atoms with Gasteiger partial charge in [-0.15, -0.1) is 0 Å². The number of hydrogen-bond acceptors (Lipinski definition) is 3. The van der Waals surface area contributed by atoms with Gasteiger partial charge in [-0.25, -0.2) is 0 Å². The van der Waals surface area contributed by atoms with Gasteiger partial charge in [0.25, 0.3) is 0 Å². The molecule has 1 heterocycles. The van der Waals surface area contributed by atoms with E-state index in [1.54, 1.807) is 0 Å². The Balaban J connectivity index is 1.53. The van der Waals surface area contributed by atoms with Crippen LogP contribution in [0.15, 0.2) is 0 Å². The second-order valence-electron chi connectivity index (χ2n) is 5.30. The Hall–Kier alpha value is -0.610. The fourth-order valence-electron chi connectivity index (χ4n) is 2.54. The van der Waals surface area contributed by atoms with Crippen molar-refractivity contribution in [2.75, 3.05) is 32.7 Å². The van der Waals surface area contributed by atoms with E-state index >= 15 is 0 Å². The van der Waals surface area contributed by atoms with E-state index in [4.69, 9.17) is 0 Å². The highest BCUT2D eigenvalue weighted by molar-refractivity contribution is 5.77. The Bertz CT molecular complexity index is 253. The van der Waals surface area contributed by atoms with E-state index in [1.807, 2.05) is 0 Å². The molecule has 0 aromatic rings. The second kappa shape index (κ2) is 6.36. The number of likely N-dealkylation sites (tertiary alicyclic amines) is 1. The summed E-state index contributed by atoms with van der Waals surface area (Å²) in [7, 11) is 0. The molecule has 4 heteroatoms. The van der Waals surface area contributed by atoms with Crippen molar-refractivity contribution in [2.24, 2.45) is 5.92 Å². The molecule has 2 aliphatic rings. The maximum Gasteiger partial charge on any atom is 0.233 e. The lowest BCUT2D eigenvalue weighted by Gasteiger charge is -2.22. The van der Waals surface area contributed by atoms with Crippen LogP contribution in [0, 0.1) is 5.92 Å². The highest BCUT2D eigenvalue weighted by atomic mass is 16.1. The third kappa shape index (κ3) is 4.28. The number of hydrogen-bond donors (Lipinski definition) is 2. The molecule has 0 aromatic heterocycles. The molecule has 4 nitrogen and oxygen atoms in total. The molecule has 1 amide bonds. The van der Waals surface area contributed by atoms with Crippen molar-refractivity contribution >= 4 is 5.91 Å². The highest BCUT2D eigenvalue weighted by Gasteiger charge is 2.23. The third-order valence-corrected chi connectivity index (χ3v) is 3.86. The Labute approximate surface area is 104 Å². The zero-order chi connectivity index (χ0) is 12.1. The monoisotopic (exact) mass is 239 g/mol. The van der Waals surface area contributed by atoms with Crippen LogP contribution < -0.4 is 10.6 Å². The maximum absolute atomic E-state index is 11.5. The van der Waals surface area contributed by atoms with Gasteiger partial charge in [0.15, 0.2) is 0 Å². The van der Waals surface area contributed by atoms with Crippen LogP contribution in [0.5, 0.6) is 0 Å². The van der Waals surface area contributed by atoms with E-state index in [0.29, 0.717) is 12.6 Å². The molecule has 2 fully saturated rings. The zero-order valence-electron chi connectivity index (χ0n) is 10.9. The summed E-state index contributed by atoms with van der Waals surface area (Å²) in [5.41, 5.74) is 0. The summed E-state index contributed by atoms with van der Waals surface area (Å²) in [4.78, 5) is 14.0. The molecule has 2 N–H and O–H groups in total. The van der Waals surface area contributed by atoms with Gasteiger partial charge < -0.3 is 10.6 Å². The summed E-state index contributed by atoms with van der Waals surface area (Å²) in [5, 5.41) is 6.26. The summed E-state index contributed by atoms with van der Waals surface area (Å²) in [5.74, 6) is 0.919. The second-order valence-corrected chi connectivity index (χ2v) is 5.30. The predicted octanol–water partition coefficient (Wildman–Crippen LogP) is 0.587. The number of rotatable bonds is 7. The van der Waals surface area contributed by atoms with Crippen LogP contribution in [0.3, 0.4) is 0 Å². The van der Waals surface area contributed by atoms with Gasteiger partial charge in [-0.3, -0.25) is 9.69 Å². The number of carbonyl (C=O) groups is 1. The van der Waals surface area contributed by atoms with E-state index in [9.17, 15) is 4.79 Å². The molecule has 0 radical (unpaired) electrons. The minimum atomic E-state index is 0.151. The Morgan fingerprint density at radius 3 is 2.82 bits per heavy atom. The average Bonchev–Trinajstić information content (AvgIpc) is 3.05. The number of likely N-dealkylation sites (N-methyl/N-ethyl adjacent to an activating group) is 1. The molecule has 1 aliphatic carbocycles. The van der Waals surface area contributed by atoms with Gasteiger partial charge in [-0.05, 0) is 44.7 Å². The van der Waals surface area contributed by atoms with Gasteiger partial charge in [0.2, 0.25) is 5.91 Å². The van der Waals surface area contributed by atoms with Crippen LogP contribution >= 0.6 is 0 Å². The first-order chi connectivity index (χ1) is 8.29. The smallest absolute Gasteiger partial charge is 0.233 e. The highest BCUT2D eigenvalue weighted by Crippen LogP contribution is 2.27. The quantitative estimate of drug-likeness (QED) is 0.683. The van der Waals surface area contributed by atoms with Crippen molar-refractivity contribution in [3.8, 4) is 0 Å². The topological polar surface area (TPSA) is 44.4 Å². The maximum atomic E-state index is 11.5. The van der Waals surface area contributed by atoms with E-state index in [2.05, 4.69) is 22.5 Å². The molecular weight excluding hydrogens is 214 g/mol. The molecule has 1 saturated heterocycles. The number of carbonyl (C=O) groups excluding carboxylic acids is 1. The van der Waals surface area contributed by atoms with Crippen molar-refractivity contribution in [3.63, 3.8) is 0 Å². The summed E-state index contributed by atoms with van der Waals surface area (Å²) >= 11 is 0. The minimum absolute atomic E-state index is 0.151. The van der Waals surface area contributed by atoms with Gasteiger partial charge in [-0.1, -0.05) is 6.92 Å². The normalized spacial score (nSPS) is 25.1. The molecule has 98 valence electrons. The molecule has 0 aromatic carbocycles. The van der Waals surface area contributed by atoms with Gasteiger partial charge in [0, 0.05) is 19.1 Å². The molecule has 1 unspecified atom stereocenters.